The molecule has 1 aromatic carbocycles. The van der Waals surface area contributed by atoms with Gasteiger partial charge in [-0.1, -0.05) is 47.7 Å². The van der Waals surface area contributed by atoms with Gasteiger partial charge in [-0.15, -0.1) is 10.2 Å². The van der Waals surface area contributed by atoms with E-state index in [2.05, 4.69) is 15.2 Å². The van der Waals surface area contributed by atoms with Crippen molar-refractivity contribution in [3.63, 3.8) is 0 Å². The Morgan fingerprint density at radius 2 is 1.95 bits per heavy atom. The molecule has 0 bridgehead atoms. The maximum atomic E-state index is 6.09. The second-order valence-corrected chi connectivity index (χ2v) is 5.63. The van der Waals surface area contributed by atoms with Crippen LogP contribution in [0.5, 0.6) is 0 Å². The van der Waals surface area contributed by atoms with E-state index < -0.39 is 0 Å². The molecule has 0 saturated carbocycles. The highest BCUT2D eigenvalue weighted by Crippen LogP contribution is 2.24. The fraction of sp³-hybridized carbons (Fsp3) is 0.133. The molecule has 106 valence electrons. The molecule has 0 fully saturated rings. The summed E-state index contributed by atoms with van der Waals surface area (Å²) in [6.07, 6.45) is 3.60. The molecule has 2 aromatic heterocycles. The molecular formula is C15H15N5S. The maximum absolute atomic E-state index is 6.09. The molecule has 0 atom stereocenters. The molecule has 5 nitrogen and oxygen atoms in total. The number of thioether (sulfide) groups is 1. The summed E-state index contributed by atoms with van der Waals surface area (Å²) in [4.78, 5) is 4.09. The second-order valence-electron chi connectivity index (χ2n) is 4.69. The summed E-state index contributed by atoms with van der Waals surface area (Å²) in [5.74, 6) is 7.52. The largest absolute Gasteiger partial charge is 0.335 e. The van der Waals surface area contributed by atoms with E-state index in [-0.39, 0.29) is 0 Å². The van der Waals surface area contributed by atoms with Gasteiger partial charge in [0.05, 0.1) is 0 Å². The van der Waals surface area contributed by atoms with Gasteiger partial charge in [0.25, 0.3) is 0 Å². The lowest BCUT2D eigenvalue weighted by Gasteiger charge is -2.04. The van der Waals surface area contributed by atoms with Crippen molar-refractivity contribution in [2.45, 2.75) is 17.8 Å². The summed E-state index contributed by atoms with van der Waals surface area (Å²) in [5.41, 5.74) is 3.29. The SMILES string of the molecule is Cc1ccc(-c2nnc(SCc3cccnc3)n2N)cc1. The predicted molar refractivity (Wildman–Crippen MR) is 84.1 cm³/mol. The number of pyridine rings is 1. The highest BCUT2D eigenvalue weighted by molar-refractivity contribution is 7.98. The number of aryl methyl sites for hydroxylation is 1. The molecule has 0 aliphatic heterocycles. The van der Waals surface area contributed by atoms with Gasteiger partial charge in [-0.2, -0.15) is 0 Å². The van der Waals surface area contributed by atoms with Crippen LogP contribution in [-0.2, 0) is 5.75 Å². The van der Waals surface area contributed by atoms with Gasteiger partial charge in [-0.3, -0.25) is 4.98 Å². The van der Waals surface area contributed by atoms with Crippen molar-refractivity contribution in [2.75, 3.05) is 5.84 Å². The number of hydrogen-bond acceptors (Lipinski definition) is 5. The molecule has 0 unspecified atom stereocenters. The lowest BCUT2D eigenvalue weighted by molar-refractivity contribution is 0.849. The smallest absolute Gasteiger partial charge is 0.210 e. The first-order valence-electron chi connectivity index (χ1n) is 6.53. The van der Waals surface area contributed by atoms with Gasteiger partial charge in [-0.05, 0) is 18.6 Å². The average molecular weight is 297 g/mol. The Labute approximate surface area is 127 Å². The van der Waals surface area contributed by atoms with Crippen molar-refractivity contribution < 1.29 is 0 Å². The number of benzene rings is 1. The number of aromatic nitrogens is 4. The zero-order valence-electron chi connectivity index (χ0n) is 11.6. The third-order valence-electron chi connectivity index (χ3n) is 3.07. The summed E-state index contributed by atoms with van der Waals surface area (Å²) in [7, 11) is 0. The highest BCUT2D eigenvalue weighted by Gasteiger charge is 2.12. The molecule has 21 heavy (non-hydrogen) atoms. The summed E-state index contributed by atoms with van der Waals surface area (Å²) in [5, 5.41) is 9.03. The first-order valence-corrected chi connectivity index (χ1v) is 7.52. The normalized spacial score (nSPS) is 10.7. The van der Waals surface area contributed by atoms with Gasteiger partial charge in [-0.25, -0.2) is 4.68 Å². The van der Waals surface area contributed by atoms with Crippen molar-refractivity contribution in [1.29, 1.82) is 0 Å². The van der Waals surface area contributed by atoms with E-state index in [0.29, 0.717) is 11.0 Å². The van der Waals surface area contributed by atoms with Gasteiger partial charge in [0.2, 0.25) is 5.16 Å². The summed E-state index contributed by atoms with van der Waals surface area (Å²) in [6.45, 7) is 2.05. The number of nitrogens with zero attached hydrogens (tertiary/aromatic N) is 4. The molecule has 0 aliphatic rings. The van der Waals surface area contributed by atoms with Crippen LogP contribution in [0.25, 0.3) is 11.4 Å². The molecule has 6 heteroatoms. The third kappa shape index (κ3) is 3.05. The standard InChI is InChI=1S/C15H15N5S/c1-11-4-6-13(7-5-11)14-18-19-15(20(14)16)21-10-12-3-2-8-17-9-12/h2-9H,10,16H2,1H3. The van der Waals surface area contributed by atoms with Gasteiger partial charge in [0, 0.05) is 23.7 Å². The van der Waals surface area contributed by atoms with Gasteiger partial charge in [0.15, 0.2) is 5.82 Å². The molecule has 0 spiro atoms. The Kier molecular flexibility index (Phi) is 3.87. The molecule has 0 radical (unpaired) electrons. The van der Waals surface area contributed by atoms with E-state index in [4.69, 9.17) is 5.84 Å². The number of rotatable bonds is 4. The van der Waals surface area contributed by atoms with Crippen molar-refractivity contribution in [3.8, 4) is 11.4 Å². The van der Waals surface area contributed by atoms with Crippen molar-refractivity contribution in [2.24, 2.45) is 0 Å². The van der Waals surface area contributed by atoms with E-state index in [1.54, 1.807) is 18.0 Å². The number of nitrogen functional groups attached to an aromatic ring is 1. The Hall–Kier alpha value is -2.34. The first-order chi connectivity index (χ1) is 10.2. The average Bonchev–Trinajstić information content (AvgIpc) is 2.88. The van der Waals surface area contributed by atoms with Crippen LogP contribution in [0.15, 0.2) is 53.9 Å². The van der Waals surface area contributed by atoms with Crippen LogP contribution >= 0.6 is 11.8 Å². The third-order valence-corrected chi connectivity index (χ3v) is 4.08. The quantitative estimate of drug-likeness (QED) is 0.592. The Bertz CT molecular complexity index is 722. The van der Waals surface area contributed by atoms with Crippen LogP contribution in [0, 0.1) is 6.92 Å². The highest BCUT2D eigenvalue weighted by atomic mass is 32.2. The van der Waals surface area contributed by atoms with Crippen LogP contribution in [0.3, 0.4) is 0 Å². The Morgan fingerprint density at radius 1 is 1.14 bits per heavy atom. The zero-order chi connectivity index (χ0) is 14.7. The van der Waals surface area contributed by atoms with Crippen molar-refractivity contribution in [3.05, 3.63) is 59.9 Å². The van der Waals surface area contributed by atoms with E-state index >= 15 is 0 Å². The Morgan fingerprint density at radius 3 is 2.67 bits per heavy atom. The minimum atomic E-state index is 0.670. The molecule has 2 N–H and O–H groups in total. The van der Waals surface area contributed by atoms with Gasteiger partial charge >= 0.3 is 0 Å². The van der Waals surface area contributed by atoms with Crippen molar-refractivity contribution >= 4 is 11.8 Å². The van der Waals surface area contributed by atoms with Crippen LogP contribution in [0.4, 0.5) is 0 Å². The molecular weight excluding hydrogens is 282 g/mol. The predicted octanol–water partition coefficient (Wildman–Crippen LogP) is 2.65. The summed E-state index contributed by atoms with van der Waals surface area (Å²) >= 11 is 1.54. The van der Waals surface area contributed by atoms with E-state index in [0.717, 1.165) is 16.9 Å². The van der Waals surface area contributed by atoms with Crippen LogP contribution in [0.2, 0.25) is 0 Å². The van der Waals surface area contributed by atoms with Gasteiger partial charge < -0.3 is 5.84 Å². The molecule has 0 amide bonds. The topological polar surface area (TPSA) is 69.6 Å². The fourth-order valence-electron chi connectivity index (χ4n) is 1.91. The van der Waals surface area contributed by atoms with E-state index in [9.17, 15) is 0 Å². The minimum Gasteiger partial charge on any atom is -0.335 e. The van der Waals surface area contributed by atoms with Crippen LogP contribution in [-0.4, -0.2) is 19.9 Å². The van der Waals surface area contributed by atoms with Crippen molar-refractivity contribution in [1.82, 2.24) is 19.9 Å². The summed E-state index contributed by atoms with van der Waals surface area (Å²) in [6, 6.07) is 12.0. The molecule has 2 heterocycles. The fourth-order valence-corrected chi connectivity index (χ4v) is 2.70. The molecule has 0 saturated heterocycles. The molecule has 0 aliphatic carbocycles. The second kappa shape index (κ2) is 5.97. The van der Waals surface area contributed by atoms with Gasteiger partial charge in [0.1, 0.15) is 0 Å². The van der Waals surface area contributed by atoms with Crippen LogP contribution < -0.4 is 5.84 Å². The maximum Gasteiger partial charge on any atom is 0.210 e. The first kappa shape index (κ1) is 13.6. The lowest BCUT2D eigenvalue weighted by Crippen LogP contribution is -2.11. The van der Waals surface area contributed by atoms with E-state index in [1.807, 2.05) is 49.5 Å². The molecule has 3 rings (SSSR count). The zero-order valence-corrected chi connectivity index (χ0v) is 12.4. The lowest BCUT2D eigenvalue weighted by atomic mass is 10.1. The number of hydrogen-bond donors (Lipinski definition) is 1. The van der Waals surface area contributed by atoms with E-state index in [1.165, 1.54) is 10.2 Å². The molecule has 3 aromatic rings. The number of nitrogens with two attached hydrogens (primary N) is 1. The van der Waals surface area contributed by atoms with Crippen LogP contribution in [0.1, 0.15) is 11.1 Å². The Balaban J connectivity index is 1.78. The minimum absolute atomic E-state index is 0.670. The summed E-state index contributed by atoms with van der Waals surface area (Å²) < 4.78 is 1.53. The monoisotopic (exact) mass is 297 g/mol.